The van der Waals surface area contributed by atoms with Crippen LogP contribution in [0.15, 0.2) is 47.6 Å². The third kappa shape index (κ3) is 3.29. The van der Waals surface area contributed by atoms with Crippen LogP contribution in [0.1, 0.15) is 35.6 Å². The summed E-state index contributed by atoms with van der Waals surface area (Å²) in [4.78, 5) is 0. The summed E-state index contributed by atoms with van der Waals surface area (Å²) in [5.74, 6) is 0.873. The molecule has 2 aromatic rings. The van der Waals surface area contributed by atoms with E-state index in [1.165, 1.54) is 22.4 Å². The quantitative estimate of drug-likeness (QED) is 0.906. The Kier molecular flexibility index (Phi) is 4.86. The average Bonchev–Trinajstić information content (AvgIpc) is 2.99. The van der Waals surface area contributed by atoms with Gasteiger partial charge in [-0.2, -0.15) is 5.10 Å². The fourth-order valence-corrected chi connectivity index (χ4v) is 3.26. The van der Waals surface area contributed by atoms with E-state index in [1.807, 2.05) is 12.1 Å². The molecule has 0 saturated carbocycles. The summed E-state index contributed by atoms with van der Waals surface area (Å²) in [5.41, 5.74) is 11.8. The normalized spacial score (nSPS) is 17.1. The van der Waals surface area contributed by atoms with Crippen LogP contribution in [-0.2, 0) is 0 Å². The van der Waals surface area contributed by atoms with Crippen molar-refractivity contribution < 1.29 is 4.74 Å². The van der Waals surface area contributed by atoms with E-state index in [2.05, 4.69) is 49.2 Å². The Bertz CT molecular complexity index is 737. The van der Waals surface area contributed by atoms with Gasteiger partial charge in [-0.05, 0) is 56.1 Å². The minimum absolute atomic E-state index is 0.207. The first-order valence-corrected chi connectivity index (χ1v) is 8.39. The predicted octanol–water partition coefficient (Wildman–Crippen LogP) is 3.97. The molecule has 4 heteroatoms. The molecule has 0 bridgehead atoms. The SMILES string of the molecule is COc1ccc(C2CC(CCN)=NN2c2ccc(C)cc2C)cc1. The van der Waals surface area contributed by atoms with Gasteiger partial charge in [0.2, 0.25) is 0 Å². The van der Waals surface area contributed by atoms with Gasteiger partial charge in [0.25, 0.3) is 0 Å². The van der Waals surface area contributed by atoms with Gasteiger partial charge in [-0.1, -0.05) is 29.8 Å². The van der Waals surface area contributed by atoms with Crippen molar-refractivity contribution >= 4 is 11.4 Å². The van der Waals surface area contributed by atoms with Gasteiger partial charge >= 0.3 is 0 Å². The lowest BCUT2D eigenvalue weighted by molar-refractivity contribution is 0.414. The van der Waals surface area contributed by atoms with Crippen molar-refractivity contribution in [3.63, 3.8) is 0 Å². The van der Waals surface area contributed by atoms with Crippen molar-refractivity contribution in [1.29, 1.82) is 0 Å². The second-order valence-electron chi connectivity index (χ2n) is 6.33. The first-order chi connectivity index (χ1) is 11.6. The van der Waals surface area contributed by atoms with Crippen LogP contribution in [0.3, 0.4) is 0 Å². The number of methoxy groups -OCH3 is 1. The standard InChI is InChI=1S/C20H25N3O/c1-14-4-9-19(15(2)12-14)23-20(13-17(22-23)10-11-21)16-5-7-18(24-3)8-6-16/h4-9,12,20H,10-11,13,21H2,1-3H3. The van der Waals surface area contributed by atoms with E-state index in [0.29, 0.717) is 6.54 Å². The number of aryl methyl sites for hydroxylation is 2. The molecule has 0 saturated heterocycles. The zero-order chi connectivity index (χ0) is 17.1. The molecule has 4 nitrogen and oxygen atoms in total. The third-order valence-electron chi connectivity index (χ3n) is 4.51. The third-order valence-corrected chi connectivity index (χ3v) is 4.51. The minimum atomic E-state index is 0.207. The van der Waals surface area contributed by atoms with Gasteiger partial charge in [0.05, 0.1) is 18.8 Å². The van der Waals surface area contributed by atoms with Gasteiger partial charge in [-0.3, -0.25) is 5.01 Å². The number of hydrazone groups is 1. The van der Waals surface area contributed by atoms with Crippen molar-refractivity contribution in [2.45, 2.75) is 32.7 Å². The number of anilines is 1. The fourth-order valence-electron chi connectivity index (χ4n) is 3.26. The molecule has 0 fully saturated rings. The first kappa shape index (κ1) is 16.5. The molecule has 1 heterocycles. The number of hydrogen-bond donors (Lipinski definition) is 1. The van der Waals surface area contributed by atoms with E-state index in [-0.39, 0.29) is 6.04 Å². The molecule has 1 atom stereocenters. The van der Waals surface area contributed by atoms with Crippen molar-refractivity contribution in [2.24, 2.45) is 10.8 Å². The van der Waals surface area contributed by atoms with Crippen molar-refractivity contribution in [1.82, 2.24) is 0 Å². The molecule has 2 N–H and O–H groups in total. The molecular formula is C20H25N3O. The predicted molar refractivity (Wildman–Crippen MR) is 99.9 cm³/mol. The lowest BCUT2D eigenvalue weighted by Crippen LogP contribution is -2.19. The van der Waals surface area contributed by atoms with Crippen LogP contribution in [0.25, 0.3) is 0 Å². The summed E-state index contributed by atoms with van der Waals surface area (Å²) >= 11 is 0. The maximum Gasteiger partial charge on any atom is 0.118 e. The van der Waals surface area contributed by atoms with E-state index in [0.717, 1.165) is 24.3 Å². The summed E-state index contributed by atoms with van der Waals surface area (Å²) in [6.07, 6.45) is 1.75. The molecule has 126 valence electrons. The summed E-state index contributed by atoms with van der Waals surface area (Å²) in [6.45, 7) is 4.89. The second kappa shape index (κ2) is 7.05. The lowest BCUT2D eigenvalue weighted by atomic mass is 9.99. The van der Waals surface area contributed by atoms with Crippen LogP contribution in [0.5, 0.6) is 5.75 Å². The Morgan fingerprint density at radius 1 is 1.17 bits per heavy atom. The minimum Gasteiger partial charge on any atom is -0.497 e. The van der Waals surface area contributed by atoms with E-state index < -0.39 is 0 Å². The summed E-state index contributed by atoms with van der Waals surface area (Å²) in [7, 11) is 1.69. The van der Waals surface area contributed by atoms with Gasteiger partial charge in [-0.15, -0.1) is 0 Å². The number of nitrogens with zero attached hydrogens (tertiary/aromatic N) is 2. The number of hydrogen-bond acceptors (Lipinski definition) is 4. The Labute approximate surface area is 143 Å². The number of benzene rings is 2. The Morgan fingerprint density at radius 2 is 1.92 bits per heavy atom. The molecule has 1 aliphatic heterocycles. The van der Waals surface area contributed by atoms with Crippen LogP contribution < -0.4 is 15.5 Å². The van der Waals surface area contributed by atoms with Gasteiger partial charge in [-0.25, -0.2) is 0 Å². The van der Waals surface area contributed by atoms with Crippen LogP contribution in [0.4, 0.5) is 5.69 Å². The molecular weight excluding hydrogens is 298 g/mol. The molecule has 24 heavy (non-hydrogen) atoms. The molecule has 1 unspecified atom stereocenters. The molecule has 0 amide bonds. The van der Waals surface area contributed by atoms with Crippen molar-refractivity contribution in [2.75, 3.05) is 18.7 Å². The molecule has 0 aliphatic carbocycles. The van der Waals surface area contributed by atoms with Gasteiger partial charge < -0.3 is 10.5 Å². The maximum absolute atomic E-state index is 5.75. The zero-order valence-corrected chi connectivity index (χ0v) is 14.6. The largest absolute Gasteiger partial charge is 0.497 e. The summed E-state index contributed by atoms with van der Waals surface area (Å²) in [5, 5.41) is 7.03. The number of rotatable bonds is 5. The summed E-state index contributed by atoms with van der Waals surface area (Å²) in [6, 6.07) is 15.0. The van der Waals surface area contributed by atoms with Crippen molar-refractivity contribution in [3.8, 4) is 5.75 Å². The van der Waals surface area contributed by atoms with E-state index in [1.54, 1.807) is 7.11 Å². The maximum atomic E-state index is 5.75. The van der Waals surface area contributed by atoms with Crippen molar-refractivity contribution in [3.05, 3.63) is 59.2 Å². The smallest absolute Gasteiger partial charge is 0.118 e. The first-order valence-electron chi connectivity index (χ1n) is 8.39. The highest BCUT2D eigenvalue weighted by atomic mass is 16.5. The Balaban J connectivity index is 1.97. The Hall–Kier alpha value is -2.33. The molecule has 0 spiro atoms. The molecule has 3 rings (SSSR count). The molecule has 0 aromatic heterocycles. The lowest BCUT2D eigenvalue weighted by Gasteiger charge is -2.26. The average molecular weight is 323 g/mol. The van der Waals surface area contributed by atoms with Gasteiger partial charge in [0, 0.05) is 12.1 Å². The topological polar surface area (TPSA) is 50.9 Å². The Morgan fingerprint density at radius 3 is 2.54 bits per heavy atom. The highest BCUT2D eigenvalue weighted by molar-refractivity contribution is 5.89. The monoisotopic (exact) mass is 323 g/mol. The van der Waals surface area contributed by atoms with Crippen LogP contribution >= 0.6 is 0 Å². The number of nitrogens with two attached hydrogens (primary N) is 1. The van der Waals surface area contributed by atoms with Gasteiger partial charge in [0.1, 0.15) is 5.75 Å². The van der Waals surface area contributed by atoms with E-state index in [4.69, 9.17) is 15.6 Å². The summed E-state index contributed by atoms with van der Waals surface area (Å²) < 4.78 is 5.28. The zero-order valence-electron chi connectivity index (χ0n) is 14.6. The van der Waals surface area contributed by atoms with Crippen LogP contribution in [-0.4, -0.2) is 19.4 Å². The highest BCUT2D eigenvalue weighted by Crippen LogP contribution is 2.37. The van der Waals surface area contributed by atoms with Gasteiger partial charge in [0.15, 0.2) is 0 Å². The fraction of sp³-hybridized carbons (Fsp3) is 0.350. The molecule has 2 aromatic carbocycles. The number of ether oxygens (including phenoxy) is 1. The molecule has 1 aliphatic rings. The highest BCUT2D eigenvalue weighted by Gasteiger charge is 2.29. The molecule has 0 radical (unpaired) electrons. The van der Waals surface area contributed by atoms with Crippen LogP contribution in [0, 0.1) is 13.8 Å². The van der Waals surface area contributed by atoms with Crippen LogP contribution in [0.2, 0.25) is 0 Å². The van der Waals surface area contributed by atoms with E-state index in [9.17, 15) is 0 Å². The second-order valence-corrected chi connectivity index (χ2v) is 6.33. The van der Waals surface area contributed by atoms with E-state index >= 15 is 0 Å².